The van der Waals surface area contributed by atoms with Crippen molar-refractivity contribution < 1.29 is 28.6 Å². The highest BCUT2D eigenvalue weighted by atomic mass is 35.5. The lowest BCUT2D eigenvalue weighted by Crippen LogP contribution is -2.32. The van der Waals surface area contributed by atoms with Crippen LogP contribution in [-0.2, 0) is 10.3 Å². The molecule has 0 aromatic heterocycles. The van der Waals surface area contributed by atoms with Gasteiger partial charge in [0.15, 0.2) is 5.60 Å². The topological polar surface area (TPSA) is 103 Å². The number of aryl methyl sites for hydroxylation is 2. The van der Waals surface area contributed by atoms with Gasteiger partial charge in [-0.2, -0.15) is 0 Å². The van der Waals surface area contributed by atoms with Gasteiger partial charge in [-0.3, -0.25) is 10.6 Å². The molecular formula is C42H38Cl2N2O6. The van der Waals surface area contributed by atoms with Crippen LogP contribution in [0.1, 0.15) is 88.8 Å². The van der Waals surface area contributed by atoms with Crippen LogP contribution in [0.4, 0.5) is 21.0 Å². The van der Waals surface area contributed by atoms with Crippen molar-refractivity contribution in [3.8, 4) is 11.5 Å². The zero-order valence-electron chi connectivity index (χ0n) is 29.6. The Balaban J connectivity index is 1.46. The molecule has 6 rings (SSSR count). The van der Waals surface area contributed by atoms with Crippen molar-refractivity contribution in [2.45, 2.75) is 59.0 Å². The Kier molecular flexibility index (Phi) is 10.3. The highest BCUT2D eigenvalue weighted by Crippen LogP contribution is 2.51. The first-order valence-electron chi connectivity index (χ1n) is 16.9. The minimum absolute atomic E-state index is 0.0793. The number of benzene rings is 5. The fraction of sp³-hybridized carbons (Fsp3) is 0.214. The molecule has 0 bridgehead atoms. The first kappa shape index (κ1) is 36.5. The molecule has 1 aliphatic rings. The van der Waals surface area contributed by atoms with Gasteiger partial charge in [-0.15, -0.1) is 0 Å². The van der Waals surface area contributed by atoms with E-state index >= 15 is 0 Å². The standard InChI is InChI=1S/C42H38Cl2N2O6/c1-23(2)32-21-35(25(5)19-37(32)50-40(48)45-29-15-11-27(43)12-16-29)42(34-10-8-7-9-31(34)39(47)52-42)36-22-33(24(3)4)38(20-26(36)6)51-41(49)46-30-17-13-28(44)14-18-30/h7-24H,1-6H3,(H,45,48)(H,46,49). The maximum atomic E-state index is 13.7. The number of halogens is 2. The SMILES string of the molecule is Cc1cc(OC(=O)Nc2ccc(Cl)cc2)c(C(C)C)cc1C1(c2cc(C(C)C)c(OC(=O)Nc3ccc(Cl)cc3)cc2C)OC(=O)c2ccccc21. The highest BCUT2D eigenvalue weighted by Gasteiger charge is 2.50. The number of amides is 2. The Bertz CT molecular complexity index is 2060. The number of hydrogen-bond donors (Lipinski definition) is 2. The summed E-state index contributed by atoms with van der Waals surface area (Å²) in [6.45, 7) is 11.8. The molecular weight excluding hydrogens is 699 g/mol. The maximum Gasteiger partial charge on any atom is 0.417 e. The van der Waals surface area contributed by atoms with Gasteiger partial charge in [-0.05, 0) is 127 Å². The number of esters is 1. The van der Waals surface area contributed by atoms with Crippen LogP contribution in [0, 0.1) is 13.8 Å². The molecule has 0 saturated heterocycles. The van der Waals surface area contributed by atoms with Gasteiger partial charge < -0.3 is 14.2 Å². The molecule has 0 saturated carbocycles. The molecule has 0 spiro atoms. The largest absolute Gasteiger partial charge is 0.441 e. The average molecular weight is 738 g/mol. The third-order valence-corrected chi connectivity index (χ3v) is 9.58. The molecule has 10 heteroatoms. The third-order valence-electron chi connectivity index (χ3n) is 9.07. The molecule has 1 aliphatic heterocycles. The number of hydrogen-bond acceptors (Lipinski definition) is 6. The van der Waals surface area contributed by atoms with Gasteiger partial charge in [0.25, 0.3) is 0 Å². The van der Waals surface area contributed by atoms with Crippen LogP contribution in [-0.4, -0.2) is 18.2 Å². The number of carbonyl (C=O) groups excluding carboxylic acids is 3. The van der Waals surface area contributed by atoms with Crippen LogP contribution in [0.15, 0.2) is 97.1 Å². The summed E-state index contributed by atoms with van der Waals surface area (Å²) < 4.78 is 18.3. The van der Waals surface area contributed by atoms with Gasteiger partial charge in [0, 0.05) is 38.1 Å². The summed E-state index contributed by atoms with van der Waals surface area (Å²) >= 11 is 12.0. The molecule has 2 N–H and O–H groups in total. The van der Waals surface area contributed by atoms with Gasteiger partial charge in [0.2, 0.25) is 0 Å². The molecule has 0 fully saturated rings. The number of anilines is 2. The summed E-state index contributed by atoms with van der Waals surface area (Å²) in [5.41, 5.74) is 5.21. The second kappa shape index (κ2) is 14.7. The molecule has 52 heavy (non-hydrogen) atoms. The molecule has 5 aromatic rings. The van der Waals surface area contributed by atoms with E-state index in [-0.39, 0.29) is 11.8 Å². The second-order valence-corrected chi connectivity index (χ2v) is 14.3. The number of rotatable bonds is 8. The predicted octanol–water partition coefficient (Wildman–Crippen LogP) is 11.5. The monoisotopic (exact) mass is 736 g/mol. The molecule has 2 amide bonds. The quantitative estimate of drug-likeness (QED) is 0.154. The van der Waals surface area contributed by atoms with E-state index in [0.717, 1.165) is 22.3 Å². The van der Waals surface area contributed by atoms with Gasteiger partial charge in [0.05, 0.1) is 5.56 Å². The van der Waals surface area contributed by atoms with Gasteiger partial charge in [0.1, 0.15) is 11.5 Å². The van der Waals surface area contributed by atoms with Crippen molar-refractivity contribution >= 4 is 52.7 Å². The maximum absolute atomic E-state index is 13.7. The van der Waals surface area contributed by atoms with E-state index in [4.69, 9.17) is 37.4 Å². The molecule has 0 atom stereocenters. The normalized spacial score (nSPS) is 13.1. The molecule has 5 aromatic carbocycles. The summed E-state index contributed by atoms with van der Waals surface area (Å²) in [5, 5.41) is 6.60. The summed E-state index contributed by atoms with van der Waals surface area (Å²) in [4.78, 5) is 39.9. The number of carbonyl (C=O) groups is 3. The Hall–Kier alpha value is -5.31. The van der Waals surface area contributed by atoms with E-state index in [0.29, 0.717) is 55.2 Å². The third kappa shape index (κ3) is 7.22. The summed E-state index contributed by atoms with van der Waals surface area (Å²) in [7, 11) is 0. The second-order valence-electron chi connectivity index (χ2n) is 13.4. The van der Waals surface area contributed by atoms with Crippen molar-refractivity contribution in [2.24, 2.45) is 0 Å². The lowest BCUT2D eigenvalue weighted by atomic mass is 9.74. The van der Waals surface area contributed by atoms with Crippen molar-refractivity contribution in [3.63, 3.8) is 0 Å². The Labute approximate surface area is 313 Å². The minimum atomic E-state index is -1.37. The molecule has 8 nitrogen and oxygen atoms in total. The van der Waals surface area contributed by atoms with Crippen molar-refractivity contribution in [3.05, 3.63) is 152 Å². The molecule has 266 valence electrons. The van der Waals surface area contributed by atoms with Crippen molar-refractivity contribution in [1.82, 2.24) is 0 Å². The lowest BCUT2D eigenvalue weighted by molar-refractivity contribution is 0.0247. The molecule has 0 radical (unpaired) electrons. The zero-order chi connectivity index (χ0) is 37.3. The summed E-state index contributed by atoms with van der Waals surface area (Å²) in [5.74, 6) is 0.140. The van der Waals surface area contributed by atoms with Crippen LogP contribution in [0.2, 0.25) is 10.0 Å². The summed E-state index contributed by atoms with van der Waals surface area (Å²) in [6.07, 6.45) is -1.31. The highest BCUT2D eigenvalue weighted by molar-refractivity contribution is 6.31. The Morgan fingerprint density at radius 2 is 1.06 bits per heavy atom. The summed E-state index contributed by atoms with van der Waals surface area (Å²) in [6, 6.07) is 28.3. The fourth-order valence-corrected chi connectivity index (χ4v) is 6.80. The van der Waals surface area contributed by atoms with Crippen LogP contribution in [0.25, 0.3) is 0 Å². The first-order chi connectivity index (χ1) is 24.8. The van der Waals surface area contributed by atoms with Gasteiger partial charge in [-0.25, -0.2) is 14.4 Å². The molecule has 0 aliphatic carbocycles. The van der Waals surface area contributed by atoms with Crippen LogP contribution >= 0.6 is 23.2 Å². The van der Waals surface area contributed by atoms with Crippen molar-refractivity contribution in [1.29, 1.82) is 0 Å². The van der Waals surface area contributed by atoms with Crippen molar-refractivity contribution in [2.75, 3.05) is 10.6 Å². The number of fused-ring (bicyclic) bond motifs is 1. The van der Waals surface area contributed by atoms with E-state index in [1.165, 1.54) is 0 Å². The van der Waals surface area contributed by atoms with Gasteiger partial charge in [-0.1, -0.05) is 69.1 Å². The predicted molar refractivity (Wildman–Crippen MR) is 204 cm³/mol. The first-order valence-corrected chi connectivity index (χ1v) is 17.6. The number of cyclic esters (lactones) is 1. The molecule has 0 unspecified atom stereocenters. The van der Waals surface area contributed by atoms with E-state index in [1.807, 2.05) is 65.8 Å². The Morgan fingerprint density at radius 1 is 0.635 bits per heavy atom. The van der Waals surface area contributed by atoms with Gasteiger partial charge >= 0.3 is 18.2 Å². The molecule has 1 heterocycles. The average Bonchev–Trinajstić information content (AvgIpc) is 3.39. The minimum Gasteiger partial charge on any atom is -0.441 e. The lowest BCUT2D eigenvalue weighted by Gasteiger charge is -2.34. The fourth-order valence-electron chi connectivity index (χ4n) is 6.55. The van der Waals surface area contributed by atoms with E-state index in [1.54, 1.807) is 72.8 Å². The van der Waals surface area contributed by atoms with Crippen LogP contribution in [0.3, 0.4) is 0 Å². The Morgan fingerprint density at radius 3 is 1.48 bits per heavy atom. The number of ether oxygens (including phenoxy) is 3. The van der Waals surface area contributed by atoms with E-state index in [9.17, 15) is 14.4 Å². The van der Waals surface area contributed by atoms with E-state index < -0.39 is 23.8 Å². The van der Waals surface area contributed by atoms with Crippen LogP contribution in [0.5, 0.6) is 11.5 Å². The van der Waals surface area contributed by atoms with Crippen LogP contribution < -0.4 is 20.1 Å². The smallest absolute Gasteiger partial charge is 0.417 e. The number of nitrogens with one attached hydrogen (secondary N) is 2. The van der Waals surface area contributed by atoms with E-state index in [2.05, 4.69) is 10.6 Å². The zero-order valence-corrected chi connectivity index (χ0v) is 31.1.